The zero-order valence-corrected chi connectivity index (χ0v) is 66.3. The summed E-state index contributed by atoms with van der Waals surface area (Å²) in [6, 6.07) is 45.8. The topological polar surface area (TPSA) is 483 Å². The molecular weight excluding hydrogens is 1550 g/mol. The van der Waals surface area contributed by atoms with E-state index in [2.05, 4.69) is 52.6 Å². The predicted octanol–water partition coefficient (Wildman–Crippen LogP) is 3.45. The van der Waals surface area contributed by atoms with Crippen molar-refractivity contribution in [1.82, 2.24) is 57.5 Å². The molecular formula is C82H97N15O16S3. The van der Waals surface area contributed by atoms with Crippen molar-refractivity contribution in [2.45, 2.75) is 143 Å². The van der Waals surface area contributed by atoms with E-state index in [1.165, 1.54) is 40.6 Å². The van der Waals surface area contributed by atoms with Crippen molar-refractivity contribution in [2.24, 2.45) is 17.2 Å². The molecule has 7 aromatic carbocycles. The third-order valence-corrected chi connectivity index (χ3v) is 21.8. The van der Waals surface area contributed by atoms with Gasteiger partial charge in [0, 0.05) is 55.4 Å². The van der Waals surface area contributed by atoms with Gasteiger partial charge >= 0.3 is 6.09 Å². The highest BCUT2D eigenvalue weighted by Crippen LogP contribution is 2.24. The minimum absolute atomic E-state index is 0.00481. The Morgan fingerprint density at radius 3 is 1.49 bits per heavy atom. The molecule has 34 heteroatoms. The standard InChI is InChI=1S/C82H97N15O16S3/c1-53-31-37-61(38-32-53)116(110,111)96-81(86)87-41-17-29-62(73(101)88-46-72(85)100)90-79(107)69-30-18-42-97(69)80(108)68(52-115-50-59-27-15-6-16-28-59)94-77(105)66(45-71(84)99)93-74(102)63(39-40-70(83)98)89-75(103)64(43-54-19-7-2-8-20-54)91-76(104)65(44-55-33-35-60(36-34-55)112-47-56-21-9-3-10-22-56)92-78(106)67(51-114-49-58-25-13-5-14-26-58)95-82(109)113-48-57-23-11-4-12-24-57/h2-16,19-28,31-38,62-69H,17-18,29-30,39-52H2,1H3,(H2,83,98)(H2,84,99)(H2,85,100)(H,88,101)(H,89,103)(H,90,107)(H,91,104)(H,92,106)(H,93,102)(H,94,105)(H,95,109)(H3,86,87,96)/t62-,63-,64-,65-,66-,67-,68+,69-/m0/s1. The highest BCUT2D eigenvalue weighted by Gasteiger charge is 2.41. The first-order valence-electron chi connectivity index (χ1n) is 37.4. The number of alkyl carbamates (subject to hydrolysis) is 1. The second-order valence-corrected chi connectivity index (χ2v) is 31.1. The van der Waals surface area contributed by atoms with Gasteiger partial charge in [0.25, 0.3) is 10.0 Å². The van der Waals surface area contributed by atoms with Gasteiger partial charge in [-0.3, -0.25) is 58.1 Å². The highest BCUT2D eigenvalue weighted by atomic mass is 32.2. The highest BCUT2D eigenvalue weighted by molar-refractivity contribution is 7.98. The molecule has 1 fully saturated rings. The lowest BCUT2D eigenvalue weighted by Crippen LogP contribution is -2.61. The Labute approximate surface area is 681 Å². The van der Waals surface area contributed by atoms with E-state index in [0.29, 0.717) is 33.9 Å². The Hall–Kier alpha value is -12.3. The second kappa shape index (κ2) is 46.2. The Morgan fingerprint density at radius 1 is 0.483 bits per heavy atom. The minimum Gasteiger partial charge on any atom is -0.489 e. The first kappa shape index (κ1) is 89.3. The molecule has 614 valence electrons. The van der Waals surface area contributed by atoms with Gasteiger partial charge in [0.1, 0.15) is 67.3 Å². The average molecular weight is 1640 g/mol. The zero-order chi connectivity index (χ0) is 83.4. The van der Waals surface area contributed by atoms with Gasteiger partial charge in [0.15, 0.2) is 0 Å². The summed E-state index contributed by atoms with van der Waals surface area (Å²) in [6.07, 6.45) is -3.05. The molecule has 1 aliphatic rings. The number of benzene rings is 7. The smallest absolute Gasteiger partial charge is 0.408 e. The number of nitrogens with zero attached hydrogens (tertiary/aromatic N) is 1. The van der Waals surface area contributed by atoms with Crippen molar-refractivity contribution in [3.05, 3.63) is 239 Å². The molecule has 1 heterocycles. The molecule has 1 saturated heterocycles. The average Bonchev–Trinajstić information content (AvgIpc) is 1.65. The Kier molecular flexibility index (Phi) is 35.5. The van der Waals surface area contributed by atoms with Crippen LogP contribution in [0.25, 0.3) is 0 Å². The number of amides is 12. The molecule has 0 spiro atoms. The summed E-state index contributed by atoms with van der Waals surface area (Å²) in [5.74, 6) is -9.83. The number of nitrogens with one attached hydrogen (secondary N) is 11. The van der Waals surface area contributed by atoms with Crippen LogP contribution in [0.4, 0.5) is 4.79 Å². The number of likely N-dealkylation sites (tertiary alicyclic amines) is 1. The van der Waals surface area contributed by atoms with Crippen LogP contribution < -0.4 is 74.5 Å². The van der Waals surface area contributed by atoms with Crippen LogP contribution in [0.3, 0.4) is 0 Å². The molecule has 1 aliphatic heterocycles. The van der Waals surface area contributed by atoms with E-state index in [-0.39, 0.29) is 81.2 Å². The van der Waals surface area contributed by atoms with Crippen molar-refractivity contribution < 1.29 is 75.4 Å². The number of carbonyl (C=O) groups excluding carboxylic acids is 12. The summed E-state index contributed by atoms with van der Waals surface area (Å²) in [5.41, 5.74) is 21.9. The van der Waals surface area contributed by atoms with Crippen molar-refractivity contribution in [3.8, 4) is 5.75 Å². The molecule has 7 aromatic rings. The molecule has 0 radical (unpaired) electrons. The summed E-state index contributed by atoms with van der Waals surface area (Å²) >= 11 is 2.54. The molecule has 31 nitrogen and oxygen atoms in total. The Bertz CT molecular complexity index is 4590. The van der Waals surface area contributed by atoms with E-state index in [4.69, 9.17) is 32.1 Å². The largest absolute Gasteiger partial charge is 0.489 e. The van der Waals surface area contributed by atoms with Gasteiger partial charge in [-0.25, -0.2) is 17.9 Å². The van der Waals surface area contributed by atoms with Crippen molar-refractivity contribution in [3.63, 3.8) is 0 Å². The number of hydrogen-bond donors (Lipinski definition) is 14. The first-order valence-corrected chi connectivity index (χ1v) is 41.2. The maximum Gasteiger partial charge on any atom is 0.408 e. The molecule has 0 unspecified atom stereocenters. The van der Waals surface area contributed by atoms with Crippen LogP contribution in [-0.2, 0) is 105 Å². The van der Waals surface area contributed by atoms with Crippen LogP contribution in [0.15, 0.2) is 205 Å². The fourth-order valence-corrected chi connectivity index (χ4v) is 15.1. The van der Waals surface area contributed by atoms with Crippen LogP contribution in [0, 0.1) is 12.3 Å². The van der Waals surface area contributed by atoms with Crippen molar-refractivity contribution in [2.75, 3.05) is 31.1 Å². The summed E-state index contributed by atoms with van der Waals surface area (Å²) in [6.45, 7) is 1.19. The van der Waals surface area contributed by atoms with E-state index < -0.39 is 161 Å². The van der Waals surface area contributed by atoms with E-state index >= 15 is 14.4 Å². The number of sulfonamides is 1. The number of carbonyl (C=O) groups is 12. The summed E-state index contributed by atoms with van der Waals surface area (Å²) < 4.78 is 39.6. The molecule has 8 atom stereocenters. The first-order chi connectivity index (χ1) is 55.7. The van der Waals surface area contributed by atoms with Gasteiger partial charge in [-0.15, -0.1) is 0 Å². The van der Waals surface area contributed by atoms with E-state index in [0.717, 1.165) is 22.3 Å². The molecule has 8 rings (SSSR count). The molecule has 17 N–H and O–H groups in total. The normalized spacial score (nSPS) is 14.1. The summed E-state index contributed by atoms with van der Waals surface area (Å²) in [5, 5.41) is 31.9. The SMILES string of the molecule is Cc1ccc(S(=O)(=O)NC(=N)NCCC[C@H](NC(=O)[C@@H]2CCCN2C(=O)[C@@H](CSCc2ccccc2)NC(=O)[C@H](CC(N)=O)NC(=O)[C@H](CCC(N)=O)NC(=O)[C@H](Cc2ccccc2)NC(=O)[C@H](Cc2ccc(OCc3ccccc3)cc2)NC(=O)[C@H](CSCc2ccccc2)NC(=O)OCc2ccccc2)C(=O)NCC(N)=O)cc1. The number of aryl methyl sites for hydroxylation is 1. The fraction of sp³-hybridized carbons (Fsp3) is 0.329. The van der Waals surface area contributed by atoms with Gasteiger partial charge in [-0.2, -0.15) is 23.5 Å². The molecule has 0 bridgehead atoms. The summed E-state index contributed by atoms with van der Waals surface area (Å²) in [4.78, 5) is 170. The van der Waals surface area contributed by atoms with Crippen molar-refractivity contribution in [1.29, 1.82) is 5.41 Å². The second-order valence-electron chi connectivity index (χ2n) is 27.4. The number of primary amides is 3. The Morgan fingerprint density at radius 2 is 0.948 bits per heavy atom. The monoisotopic (exact) mass is 1640 g/mol. The lowest BCUT2D eigenvalue weighted by atomic mass is 10.0. The third-order valence-electron chi connectivity index (χ3n) is 18.2. The zero-order valence-electron chi connectivity index (χ0n) is 63.8. The Balaban J connectivity index is 1.01. The van der Waals surface area contributed by atoms with Crippen LogP contribution >= 0.6 is 23.5 Å². The predicted molar refractivity (Wildman–Crippen MR) is 437 cm³/mol. The fourth-order valence-electron chi connectivity index (χ4n) is 12.1. The third kappa shape index (κ3) is 30.6. The molecule has 0 aromatic heterocycles. The number of nitrogens with two attached hydrogens (primary N) is 3. The van der Waals surface area contributed by atoms with E-state index in [1.54, 1.807) is 122 Å². The number of thioether (sulfide) groups is 2. The lowest BCUT2D eigenvalue weighted by Gasteiger charge is -2.31. The number of ether oxygens (including phenoxy) is 2. The van der Waals surface area contributed by atoms with Crippen LogP contribution in [0.1, 0.15) is 83.9 Å². The van der Waals surface area contributed by atoms with Gasteiger partial charge in [-0.1, -0.05) is 181 Å². The maximum atomic E-state index is 15.2. The molecule has 12 amide bonds. The van der Waals surface area contributed by atoms with Crippen LogP contribution in [0.5, 0.6) is 5.75 Å². The van der Waals surface area contributed by atoms with Gasteiger partial charge in [-0.05, 0) is 96.7 Å². The maximum absolute atomic E-state index is 15.2. The lowest BCUT2D eigenvalue weighted by molar-refractivity contribution is -0.142. The number of guanidine groups is 1. The van der Waals surface area contributed by atoms with E-state index in [1.807, 2.05) is 72.8 Å². The van der Waals surface area contributed by atoms with Crippen LogP contribution in [0.2, 0.25) is 0 Å². The quantitative estimate of drug-likeness (QED) is 0.0148. The molecule has 116 heavy (non-hydrogen) atoms. The number of hydrogen-bond acceptors (Lipinski definition) is 19. The van der Waals surface area contributed by atoms with Gasteiger partial charge in [0.2, 0.25) is 70.9 Å². The van der Waals surface area contributed by atoms with Gasteiger partial charge < -0.3 is 79.4 Å². The van der Waals surface area contributed by atoms with E-state index in [9.17, 15) is 51.6 Å². The molecule has 0 aliphatic carbocycles. The van der Waals surface area contributed by atoms with Crippen LogP contribution in [-0.4, -0.2) is 170 Å². The summed E-state index contributed by atoms with van der Waals surface area (Å²) in [7, 11) is -4.14. The molecule has 0 saturated carbocycles. The number of rotatable bonds is 45. The van der Waals surface area contributed by atoms with Crippen molar-refractivity contribution >= 4 is 111 Å². The minimum atomic E-state index is -4.14. The van der Waals surface area contributed by atoms with Gasteiger partial charge in [0.05, 0.1) is 17.9 Å².